The van der Waals surface area contributed by atoms with E-state index in [4.69, 9.17) is 15.0 Å². The normalized spacial score (nSPS) is 14.1. The molecule has 0 bridgehead atoms. The van der Waals surface area contributed by atoms with E-state index in [0.29, 0.717) is 5.75 Å². The van der Waals surface area contributed by atoms with Crippen molar-refractivity contribution in [3.8, 4) is 5.75 Å². The van der Waals surface area contributed by atoms with Crippen molar-refractivity contribution in [2.45, 2.75) is 18.2 Å². The zero-order valence-electron chi connectivity index (χ0n) is 8.54. The summed E-state index contributed by atoms with van der Waals surface area (Å²) in [4.78, 5) is 11.3. The van der Waals surface area contributed by atoms with Crippen LogP contribution >= 0.6 is 0 Å². The molecular formula is C10H13NO4S. The number of hydrogen-bond acceptors (Lipinski definition) is 4. The summed E-state index contributed by atoms with van der Waals surface area (Å²) < 4.78 is 24.1. The molecule has 2 atom stereocenters. The average Bonchev–Trinajstić information content (AvgIpc) is 2.27. The average molecular weight is 243 g/mol. The highest BCUT2D eigenvalue weighted by molar-refractivity contribution is 7.79. The molecule has 6 heteroatoms. The summed E-state index contributed by atoms with van der Waals surface area (Å²) in [6.07, 6.45) is 0.136. The number of carbonyl (C=O) groups excluding carboxylic acids is 1. The first kappa shape index (κ1) is 12.8. The Kier molecular flexibility index (Phi) is 5.10. The third-order valence-electron chi connectivity index (χ3n) is 1.87. The molecule has 5 nitrogen and oxygen atoms in total. The minimum atomic E-state index is -2.10. The highest BCUT2D eigenvalue weighted by Crippen LogP contribution is 2.10. The first-order chi connectivity index (χ1) is 7.59. The smallest absolute Gasteiger partial charge is 0.311 e. The van der Waals surface area contributed by atoms with Gasteiger partial charge >= 0.3 is 5.97 Å². The molecule has 0 aliphatic heterocycles. The number of carbonyl (C=O) groups is 1. The van der Waals surface area contributed by atoms with Crippen LogP contribution < -0.4 is 10.5 Å². The van der Waals surface area contributed by atoms with Gasteiger partial charge in [-0.15, -0.1) is 0 Å². The van der Waals surface area contributed by atoms with Crippen LogP contribution in [0.15, 0.2) is 30.3 Å². The molecule has 0 aliphatic carbocycles. The lowest BCUT2D eigenvalue weighted by atomic mass is 10.3. The van der Waals surface area contributed by atoms with E-state index in [1.165, 1.54) is 0 Å². The van der Waals surface area contributed by atoms with E-state index >= 15 is 0 Å². The quantitative estimate of drug-likeness (QED) is 0.455. The molecule has 0 aromatic heterocycles. The largest absolute Gasteiger partial charge is 0.427 e. The summed E-state index contributed by atoms with van der Waals surface area (Å²) in [5.41, 5.74) is 5.30. The van der Waals surface area contributed by atoms with Crippen LogP contribution in [0.25, 0.3) is 0 Å². The van der Waals surface area contributed by atoms with Crippen molar-refractivity contribution < 1.29 is 18.3 Å². The van der Waals surface area contributed by atoms with Crippen molar-refractivity contribution in [3.05, 3.63) is 30.3 Å². The predicted octanol–water partition coefficient (Wildman–Crippen LogP) is 0.879. The molecule has 0 saturated heterocycles. The van der Waals surface area contributed by atoms with E-state index in [1.807, 2.05) is 6.07 Å². The number of rotatable bonds is 5. The van der Waals surface area contributed by atoms with Gasteiger partial charge in [-0.05, 0) is 18.6 Å². The van der Waals surface area contributed by atoms with Gasteiger partial charge < -0.3 is 15.0 Å². The molecule has 1 aromatic carbocycles. The summed E-state index contributed by atoms with van der Waals surface area (Å²) in [7, 11) is 0. The molecule has 16 heavy (non-hydrogen) atoms. The van der Waals surface area contributed by atoms with E-state index in [0.717, 1.165) is 0 Å². The second-order valence-corrected chi connectivity index (χ2v) is 4.30. The first-order valence-electron chi connectivity index (χ1n) is 4.70. The Morgan fingerprint density at radius 1 is 1.44 bits per heavy atom. The summed E-state index contributed by atoms with van der Waals surface area (Å²) in [5, 5.41) is -0.914. The van der Waals surface area contributed by atoms with Crippen LogP contribution in [0, 0.1) is 0 Å². The van der Waals surface area contributed by atoms with Crippen LogP contribution in [0.5, 0.6) is 5.75 Å². The van der Waals surface area contributed by atoms with Gasteiger partial charge in [-0.2, -0.15) is 0 Å². The molecule has 0 heterocycles. The Hall–Kier alpha value is -1.24. The molecule has 0 radical (unpaired) electrons. The highest BCUT2D eigenvalue weighted by Gasteiger charge is 2.12. The Bertz CT molecular complexity index is 368. The molecule has 2 unspecified atom stereocenters. The molecule has 0 aliphatic rings. The second kappa shape index (κ2) is 6.37. The Balaban J connectivity index is 2.35. The number of esters is 1. The molecule has 3 N–H and O–H groups in total. The molecular weight excluding hydrogens is 230 g/mol. The number of hydrogen-bond donors (Lipinski definition) is 2. The summed E-state index contributed by atoms with van der Waals surface area (Å²) >= 11 is -2.10. The number of ether oxygens (including phenoxy) is 1. The van der Waals surface area contributed by atoms with Crippen LogP contribution in [-0.4, -0.2) is 20.1 Å². The van der Waals surface area contributed by atoms with E-state index in [1.54, 1.807) is 24.3 Å². The second-order valence-electron chi connectivity index (χ2n) is 3.14. The van der Waals surface area contributed by atoms with Gasteiger partial charge in [0.15, 0.2) is 11.1 Å². The van der Waals surface area contributed by atoms with Crippen molar-refractivity contribution in [2.24, 2.45) is 5.73 Å². The van der Waals surface area contributed by atoms with E-state index in [2.05, 4.69) is 0 Å². The molecule has 0 saturated carbocycles. The van der Waals surface area contributed by atoms with Gasteiger partial charge in [0, 0.05) is 6.42 Å². The zero-order chi connectivity index (χ0) is 12.0. The maximum atomic E-state index is 11.3. The fourth-order valence-corrected chi connectivity index (χ4v) is 1.35. The lowest BCUT2D eigenvalue weighted by Crippen LogP contribution is -2.26. The SMILES string of the molecule is NC(CCC(=O)Oc1ccccc1)S(=O)O. The highest BCUT2D eigenvalue weighted by atomic mass is 32.2. The standard InChI is InChI=1S/C10H13NO4S/c11-9(16(13)14)6-7-10(12)15-8-4-2-1-3-5-8/h1-5,9H,6-7,11H2,(H,13,14). The van der Waals surface area contributed by atoms with Gasteiger partial charge in [0.05, 0.1) is 0 Å². The third kappa shape index (κ3) is 4.52. The van der Waals surface area contributed by atoms with Crippen LogP contribution in [0.3, 0.4) is 0 Å². The van der Waals surface area contributed by atoms with Gasteiger partial charge in [0.1, 0.15) is 11.1 Å². The van der Waals surface area contributed by atoms with E-state index < -0.39 is 22.4 Å². The molecule has 88 valence electrons. The van der Waals surface area contributed by atoms with Gasteiger partial charge in [-0.3, -0.25) is 4.79 Å². The topological polar surface area (TPSA) is 89.6 Å². The Morgan fingerprint density at radius 3 is 2.62 bits per heavy atom. The molecule has 0 spiro atoms. The van der Waals surface area contributed by atoms with Gasteiger partial charge in [0.25, 0.3) is 0 Å². The van der Waals surface area contributed by atoms with Gasteiger partial charge in [-0.1, -0.05) is 18.2 Å². The maximum absolute atomic E-state index is 11.3. The first-order valence-corrected chi connectivity index (χ1v) is 5.87. The van der Waals surface area contributed by atoms with Crippen molar-refractivity contribution in [2.75, 3.05) is 0 Å². The van der Waals surface area contributed by atoms with Crippen molar-refractivity contribution >= 4 is 17.0 Å². The van der Waals surface area contributed by atoms with Crippen molar-refractivity contribution in [1.82, 2.24) is 0 Å². The maximum Gasteiger partial charge on any atom is 0.311 e. The summed E-state index contributed by atoms with van der Waals surface area (Å²) in [6.45, 7) is 0. The molecule has 1 aromatic rings. The van der Waals surface area contributed by atoms with Crippen molar-refractivity contribution in [3.63, 3.8) is 0 Å². The van der Waals surface area contributed by atoms with Crippen LogP contribution in [-0.2, 0) is 15.9 Å². The molecule has 0 amide bonds. The number of para-hydroxylation sites is 1. The van der Waals surface area contributed by atoms with Crippen LogP contribution in [0.1, 0.15) is 12.8 Å². The molecule has 0 fully saturated rings. The number of nitrogens with two attached hydrogens (primary N) is 1. The van der Waals surface area contributed by atoms with Gasteiger partial charge in [-0.25, -0.2) is 4.21 Å². The van der Waals surface area contributed by atoms with Crippen LogP contribution in [0.2, 0.25) is 0 Å². The number of benzene rings is 1. The molecule has 1 rings (SSSR count). The van der Waals surface area contributed by atoms with Crippen LogP contribution in [0.4, 0.5) is 0 Å². The van der Waals surface area contributed by atoms with Gasteiger partial charge in [0.2, 0.25) is 0 Å². The minimum Gasteiger partial charge on any atom is -0.427 e. The lowest BCUT2D eigenvalue weighted by Gasteiger charge is -2.06. The van der Waals surface area contributed by atoms with Crippen molar-refractivity contribution in [1.29, 1.82) is 0 Å². The predicted molar refractivity (Wildman–Crippen MR) is 60.1 cm³/mol. The fraction of sp³-hybridized carbons (Fsp3) is 0.300. The third-order valence-corrected chi connectivity index (χ3v) is 2.62. The lowest BCUT2D eigenvalue weighted by molar-refractivity contribution is -0.134. The zero-order valence-corrected chi connectivity index (χ0v) is 9.35. The van der Waals surface area contributed by atoms with E-state index in [-0.39, 0.29) is 12.8 Å². The Labute approximate surface area is 95.9 Å². The summed E-state index contributed by atoms with van der Waals surface area (Å²) in [6, 6.07) is 8.61. The summed E-state index contributed by atoms with van der Waals surface area (Å²) in [5.74, 6) is -0.0155. The minimum absolute atomic E-state index is 0.0162. The fourth-order valence-electron chi connectivity index (χ4n) is 1.03. The van der Waals surface area contributed by atoms with E-state index in [9.17, 15) is 9.00 Å². The monoisotopic (exact) mass is 243 g/mol. The Morgan fingerprint density at radius 2 is 2.06 bits per heavy atom.